The molecular weight excluding hydrogens is 226 g/mol. The molecule has 0 saturated heterocycles. The van der Waals surface area contributed by atoms with Gasteiger partial charge >= 0.3 is 0 Å². The predicted octanol–water partition coefficient (Wildman–Crippen LogP) is 1.74. The Balaban J connectivity index is 1.87. The maximum atomic E-state index is 11.4. The average molecular weight is 245 g/mol. The number of hydrogen-bond acceptors (Lipinski definition) is 2. The molecule has 0 aliphatic rings. The number of fused-ring (bicyclic) bond motifs is 1. The number of H-pyrrole nitrogens is 1. The fraction of sp³-hybridized carbons (Fsp3) is 0.357. The van der Waals surface area contributed by atoms with Crippen molar-refractivity contribution < 1.29 is 4.79 Å². The zero-order valence-corrected chi connectivity index (χ0v) is 10.9. The average Bonchev–Trinajstić information content (AvgIpc) is 2.83. The van der Waals surface area contributed by atoms with Gasteiger partial charge in [-0.3, -0.25) is 4.79 Å². The van der Waals surface area contributed by atoms with E-state index in [-0.39, 0.29) is 5.91 Å². The second-order valence-corrected chi connectivity index (χ2v) is 4.57. The molecule has 0 spiro atoms. The third-order valence-electron chi connectivity index (χ3n) is 3.02. The van der Waals surface area contributed by atoms with Gasteiger partial charge in [-0.05, 0) is 17.7 Å². The van der Waals surface area contributed by atoms with Gasteiger partial charge in [0, 0.05) is 50.7 Å². The zero-order chi connectivity index (χ0) is 13.0. The third kappa shape index (κ3) is 2.90. The van der Waals surface area contributed by atoms with Crippen LogP contribution in [0.1, 0.15) is 12.0 Å². The molecule has 2 aromatic rings. The number of rotatable bonds is 5. The normalized spacial score (nSPS) is 10.8. The Morgan fingerprint density at radius 1 is 1.33 bits per heavy atom. The highest BCUT2D eigenvalue weighted by Crippen LogP contribution is 2.16. The first-order valence-corrected chi connectivity index (χ1v) is 6.14. The van der Waals surface area contributed by atoms with E-state index in [9.17, 15) is 4.79 Å². The Labute approximate surface area is 107 Å². The van der Waals surface area contributed by atoms with E-state index in [4.69, 9.17) is 0 Å². The molecule has 0 unspecified atom stereocenters. The van der Waals surface area contributed by atoms with Gasteiger partial charge in [-0.25, -0.2) is 0 Å². The molecule has 0 aliphatic carbocycles. The summed E-state index contributed by atoms with van der Waals surface area (Å²) in [6, 6.07) is 8.30. The molecule has 1 heterocycles. The second kappa shape index (κ2) is 5.69. The summed E-state index contributed by atoms with van der Waals surface area (Å²) in [7, 11) is 3.56. The van der Waals surface area contributed by atoms with Crippen LogP contribution in [0.25, 0.3) is 10.9 Å². The van der Waals surface area contributed by atoms with Crippen LogP contribution in [0.2, 0.25) is 0 Å². The van der Waals surface area contributed by atoms with Crippen molar-refractivity contribution in [2.75, 3.05) is 20.6 Å². The summed E-state index contributed by atoms with van der Waals surface area (Å²) in [6.45, 7) is 1.49. The molecule has 0 saturated carbocycles. The van der Waals surface area contributed by atoms with Crippen LogP contribution >= 0.6 is 0 Å². The first kappa shape index (κ1) is 12.6. The second-order valence-electron chi connectivity index (χ2n) is 4.57. The highest BCUT2D eigenvalue weighted by molar-refractivity contribution is 5.82. The van der Waals surface area contributed by atoms with Crippen LogP contribution < -0.4 is 5.32 Å². The van der Waals surface area contributed by atoms with Crippen LogP contribution in [0.4, 0.5) is 0 Å². The predicted molar refractivity (Wildman–Crippen MR) is 73.3 cm³/mol. The minimum Gasteiger partial charge on any atom is -0.361 e. The summed E-state index contributed by atoms with van der Waals surface area (Å²) in [5.41, 5.74) is 2.41. The summed E-state index contributed by atoms with van der Waals surface area (Å²) in [5.74, 6) is 0.155. The Hall–Kier alpha value is -1.81. The van der Waals surface area contributed by atoms with Crippen LogP contribution in [0.3, 0.4) is 0 Å². The van der Waals surface area contributed by atoms with Gasteiger partial charge < -0.3 is 15.2 Å². The Kier molecular flexibility index (Phi) is 3.99. The van der Waals surface area contributed by atoms with Crippen molar-refractivity contribution in [3.8, 4) is 0 Å². The van der Waals surface area contributed by atoms with Crippen molar-refractivity contribution in [1.82, 2.24) is 15.2 Å². The van der Waals surface area contributed by atoms with E-state index in [0.29, 0.717) is 13.0 Å². The fourth-order valence-corrected chi connectivity index (χ4v) is 1.95. The van der Waals surface area contributed by atoms with E-state index in [2.05, 4.69) is 28.5 Å². The van der Waals surface area contributed by atoms with Crippen molar-refractivity contribution in [2.45, 2.75) is 13.0 Å². The maximum Gasteiger partial charge on any atom is 0.223 e. The van der Waals surface area contributed by atoms with Gasteiger partial charge in [-0.1, -0.05) is 12.1 Å². The number of carbonyl (C=O) groups is 1. The molecule has 0 atom stereocenters. The molecule has 0 bridgehead atoms. The monoisotopic (exact) mass is 245 g/mol. The van der Waals surface area contributed by atoms with Crippen LogP contribution in [-0.4, -0.2) is 36.4 Å². The lowest BCUT2D eigenvalue weighted by molar-refractivity contribution is -0.128. The molecule has 1 aromatic carbocycles. The summed E-state index contributed by atoms with van der Waals surface area (Å²) in [5, 5.41) is 4.55. The molecule has 1 aromatic heterocycles. The number of benzene rings is 1. The van der Waals surface area contributed by atoms with Crippen molar-refractivity contribution >= 4 is 16.8 Å². The molecular formula is C14H19N3O. The van der Waals surface area contributed by atoms with Crippen LogP contribution in [-0.2, 0) is 11.3 Å². The Bertz CT molecular complexity index is 531. The van der Waals surface area contributed by atoms with Crippen molar-refractivity contribution in [2.24, 2.45) is 0 Å². The standard InChI is InChI=1S/C14H19N3O/c1-17(2)14(18)7-8-15-10-11-4-3-5-13-12(11)6-9-16-13/h3-6,9,15-16H,7-8,10H2,1-2H3. The van der Waals surface area contributed by atoms with Crippen molar-refractivity contribution in [3.05, 3.63) is 36.0 Å². The minimum atomic E-state index is 0.155. The first-order valence-electron chi connectivity index (χ1n) is 6.14. The number of nitrogens with zero attached hydrogens (tertiary/aromatic N) is 1. The smallest absolute Gasteiger partial charge is 0.223 e. The van der Waals surface area contributed by atoms with E-state index >= 15 is 0 Å². The number of nitrogens with one attached hydrogen (secondary N) is 2. The third-order valence-corrected chi connectivity index (χ3v) is 3.02. The minimum absolute atomic E-state index is 0.155. The molecule has 0 fully saturated rings. The van der Waals surface area contributed by atoms with Gasteiger partial charge in [0.2, 0.25) is 5.91 Å². The summed E-state index contributed by atoms with van der Waals surface area (Å²) < 4.78 is 0. The fourth-order valence-electron chi connectivity index (χ4n) is 1.95. The number of carbonyl (C=O) groups excluding carboxylic acids is 1. The molecule has 18 heavy (non-hydrogen) atoms. The molecule has 0 aliphatic heterocycles. The van der Waals surface area contributed by atoms with Gasteiger partial charge in [0.05, 0.1) is 0 Å². The topological polar surface area (TPSA) is 48.1 Å². The highest BCUT2D eigenvalue weighted by atomic mass is 16.2. The van der Waals surface area contributed by atoms with E-state index in [1.165, 1.54) is 10.9 Å². The van der Waals surface area contributed by atoms with Crippen molar-refractivity contribution in [3.63, 3.8) is 0 Å². The number of hydrogen-bond donors (Lipinski definition) is 2. The molecule has 2 N–H and O–H groups in total. The summed E-state index contributed by atoms with van der Waals surface area (Å²) >= 11 is 0. The van der Waals surface area contributed by atoms with Gasteiger partial charge in [-0.15, -0.1) is 0 Å². The van der Waals surface area contributed by atoms with Gasteiger partial charge in [0.25, 0.3) is 0 Å². The molecule has 1 amide bonds. The highest BCUT2D eigenvalue weighted by Gasteiger charge is 2.04. The summed E-state index contributed by atoms with van der Waals surface area (Å²) in [4.78, 5) is 16.2. The molecule has 96 valence electrons. The maximum absolute atomic E-state index is 11.4. The number of amides is 1. The lowest BCUT2D eigenvalue weighted by Crippen LogP contribution is -2.26. The lowest BCUT2D eigenvalue weighted by atomic mass is 10.1. The summed E-state index contributed by atoms with van der Waals surface area (Å²) in [6.07, 6.45) is 2.49. The Morgan fingerprint density at radius 3 is 2.94 bits per heavy atom. The van der Waals surface area contributed by atoms with E-state index < -0.39 is 0 Å². The van der Waals surface area contributed by atoms with Crippen molar-refractivity contribution in [1.29, 1.82) is 0 Å². The first-order chi connectivity index (χ1) is 8.68. The molecule has 4 nitrogen and oxygen atoms in total. The molecule has 4 heteroatoms. The van der Waals surface area contributed by atoms with Crippen LogP contribution in [0.15, 0.2) is 30.5 Å². The lowest BCUT2D eigenvalue weighted by Gasteiger charge is -2.10. The number of aromatic nitrogens is 1. The zero-order valence-electron chi connectivity index (χ0n) is 10.9. The molecule has 0 radical (unpaired) electrons. The largest absolute Gasteiger partial charge is 0.361 e. The number of aromatic amines is 1. The van der Waals surface area contributed by atoms with E-state index in [1.807, 2.05) is 12.3 Å². The van der Waals surface area contributed by atoms with Gasteiger partial charge in [0.1, 0.15) is 0 Å². The van der Waals surface area contributed by atoms with Crippen LogP contribution in [0.5, 0.6) is 0 Å². The molecule has 2 rings (SSSR count). The van der Waals surface area contributed by atoms with Crippen LogP contribution in [0, 0.1) is 0 Å². The van der Waals surface area contributed by atoms with E-state index in [1.54, 1.807) is 19.0 Å². The van der Waals surface area contributed by atoms with E-state index in [0.717, 1.165) is 12.1 Å². The van der Waals surface area contributed by atoms with Gasteiger partial charge in [0.15, 0.2) is 0 Å². The quantitative estimate of drug-likeness (QED) is 0.788. The SMILES string of the molecule is CN(C)C(=O)CCNCc1cccc2[nH]ccc12. The Morgan fingerprint density at radius 2 is 2.17 bits per heavy atom. The van der Waals surface area contributed by atoms with Gasteiger partial charge in [-0.2, -0.15) is 0 Å².